The van der Waals surface area contributed by atoms with Gasteiger partial charge in [0.15, 0.2) is 5.76 Å². The van der Waals surface area contributed by atoms with Gasteiger partial charge in [-0.15, -0.1) is 0 Å². The summed E-state index contributed by atoms with van der Waals surface area (Å²) in [4.78, 5) is 18.5. The maximum absolute atomic E-state index is 12.7. The Morgan fingerprint density at radius 3 is 1.82 bits per heavy atom. The van der Waals surface area contributed by atoms with E-state index in [1.807, 2.05) is 69.3 Å². The van der Waals surface area contributed by atoms with Crippen LogP contribution in [-0.2, 0) is 4.84 Å². The first-order chi connectivity index (χ1) is 10.4. The third-order valence-electron chi connectivity index (χ3n) is 3.11. The molecule has 0 atom stereocenters. The van der Waals surface area contributed by atoms with Gasteiger partial charge in [0.2, 0.25) is 0 Å². The van der Waals surface area contributed by atoms with Crippen molar-refractivity contribution >= 4 is 11.7 Å². The zero-order valence-electron chi connectivity index (χ0n) is 13.2. The summed E-state index contributed by atoms with van der Waals surface area (Å²) in [7, 11) is 0. The lowest BCUT2D eigenvalue weighted by Gasteiger charge is -2.34. The molecule has 2 aromatic rings. The molecule has 0 spiro atoms. The summed E-state index contributed by atoms with van der Waals surface area (Å²) in [6, 6.07) is 18.6. The van der Waals surface area contributed by atoms with Crippen molar-refractivity contribution in [3.63, 3.8) is 0 Å². The van der Waals surface area contributed by atoms with Gasteiger partial charge in [-0.2, -0.15) is 5.06 Å². The molecule has 0 bridgehead atoms. The van der Waals surface area contributed by atoms with Gasteiger partial charge in [0, 0.05) is 11.1 Å². The van der Waals surface area contributed by atoms with Crippen LogP contribution in [0.25, 0.3) is 5.76 Å². The van der Waals surface area contributed by atoms with Crippen molar-refractivity contribution in [2.45, 2.75) is 26.3 Å². The smallest absolute Gasteiger partial charge is 0.286 e. The van der Waals surface area contributed by atoms with Crippen LogP contribution < -0.4 is 0 Å². The fourth-order valence-electron chi connectivity index (χ4n) is 1.97. The Hall–Kier alpha value is -2.55. The van der Waals surface area contributed by atoms with Crippen LogP contribution in [0.4, 0.5) is 0 Å². The molecular weight excluding hydrogens is 274 g/mol. The molecular formula is C19H21NO2. The molecule has 2 rings (SSSR count). The second kappa shape index (κ2) is 6.48. The van der Waals surface area contributed by atoms with Crippen molar-refractivity contribution in [1.29, 1.82) is 0 Å². The average molecular weight is 295 g/mol. The zero-order valence-corrected chi connectivity index (χ0v) is 13.2. The third kappa shape index (κ3) is 3.76. The highest BCUT2D eigenvalue weighted by Gasteiger charge is 2.30. The third-order valence-corrected chi connectivity index (χ3v) is 3.11. The number of hydrogen-bond acceptors (Lipinski definition) is 2. The highest BCUT2D eigenvalue weighted by molar-refractivity contribution is 5.94. The molecule has 0 aliphatic heterocycles. The van der Waals surface area contributed by atoms with Crippen LogP contribution in [0.1, 0.15) is 36.7 Å². The molecule has 0 aliphatic rings. The molecule has 114 valence electrons. The predicted molar refractivity (Wildman–Crippen MR) is 88.9 cm³/mol. The largest absolute Gasteiger partial charge is 0.376 e. The minimum atomic E-state index is -0.495. The lowest BCUT2D eigenvalue weighted by molar-refractivity contribution is -0.111. The number of nitrogens with zero attached hydrogens (tertiary/aromatic N) is 1. The van der Waals surface area contributed by atoms with E-state index in [1.165, 1.54) is 5.06 Å². The number of carbonyl (C=O) groups is 1. The normalized spacial score (nSPS) is 10.9. The summed E-state index contributed by atoms with van der Waals surface area (Å²) >= 11 is 0. The Labute approximate surface area is 131 Å². The number of hydrogen-bond donors (Lipinski definition) is 0. The first-order valence-corrected chi connectivity index (χ1v) is 7.21. The van der Waals surface area contributed by atoms with Crippen molar-refractivity contribution < 1.29 is 9.63 Å². The molecule has 3 heteroatoms. The van der Waals surface area contributed by atoms with Gasteiger partial charge in [-0.05, 0) is 32.9 Å². The maximum Gasteiger partial charge on any atom is 0.286 e. The molecule has 2 aromatic carbocycles. The maximum atomic E-state index is 12.7. The summed E-state index contributed by atoms with van der Waals surface area (Å²) in [5.74, 6) is 0.255. The number of hydroxylamine groups is 2. The SMILES string of the molecule is C=C(ON(C(=O)c1ccccc1)C(C)(C)C)c1ccccc1. The Balaban J connectivity index is 2.25. The van der Waals surface area contributed by atoms with E-state index in [-0.39, 0.29) is 5.91 Å². The Kier molecular flexibility index (Phi) is 4.66. The molecule has 1 amide bonds. The van der Waals surface area contributed by atoms with Gasteiger partial charge in [-0.25, -0.2) is 0 Å². The molecule has 0 radical (unpaired) electrons. The van der Waals surface area contributed by atoms with Crippen molar-refractivity contribution in [2.75, 3.05) is 0 Å². The fraction of sp³-hybridized carbons (Fsp3) is 0.211. The van der Waals surface area contributed by atoms with E-state index >= 15 is 0 Å². The van der Waals surface area contributed by atoms with Crippen LogP contribution >= 0.6 is 0 Å². The van der Waals surface area contributed by atoms with E-state index in [1.54, 1.807) is 12.1 Å². The zero-order chi connectivity index (χ0) is 16.2. The van der Waals surface area contributed by atoms with Crippen LogP contribution in [-0.4, -0.2) is 16.5 Å². The predicted octanol–water partition coefficient (Wildman–Crippen LogP) is 4.53. The van der Waals surface area contributed by atoms with E-state index < -0.39 is 5.54 Å². The first-order valence-electron chi connectivity index (χ1n) is 7.21. The van der Waals surface area contributed by atoms with Crippen molar-refractivity contribution in [3.05, 3.63) is 78.4 Å². The van der Waals surface area contributed by atoms with E-state index in [9.17, 15) is 4.79 Å². The van der Waals surface area contributed by atoms with E-state index in [4.69, 9.17) is 4.84 Å². The van der Waals surface area contributed by atoms with Crippen LogP contribution in [0.15, 0.2) is 67.2 Å². The molecule has 0 N–H and O–H groups in total. The van der Waals surface area contributed by atoms with Gasteiger partial charge in [-0.1, -0.05) is 55.1 Å². The standard InChI is InChI=1S/C19H21NO2/c1-15(16-11-7-5-8-12-16)22-20(19(2,3)4)18(21)17-13-9-6-10-14-17/h5-14H,1H2,2-4H3. The Morgan fingerprint density at radius 1 is 0.909 bits per heavy atom. The van der Waals surface area contributed by atoms with Crippen molar-refractivity contribution in [1.82, 2.24) is 5.06 Å². The number of rotatable bonds is 4. The molecule has 0 saturated heterocycles. The molecule has 0 fully saturated rings. The van der Waals surface area contributed by atoms with E-state index in [2.05, 4.69) is 6.58 Å². The van der Waals surface area contributed by atoms with Gasteiger partial charge in [0.25, 0.3) is 5.91 Å². The van der Waals surface area contributed by atoms with Gasteiger partial charge < -0.3 is 4.84 Å². The Bertz CT molecular complexity index is 642. The topological polar surface area (TPSA) is 29.5 Å². The highest BCUT2D eigenvalue weighted by Crippen LogP contribution is 2.23. The van der Waals surface area contributed by atoms with Gasteiger partial charge in [0.1, 0.15) is 0 Å². The summed E-state index contributed by atoms with van der Waals surface area (Å²) in [5.41, 5.74) is 0.931. The minimum absolute atomic E-state index is 0.190. The summed E-state index contributed by atoms with van der Waals surface area (Å²) in [5, 5.41) is 1.37. The molecule has 0 aromatic heterocycles. The lowest BCUT2D eigenvalue weighted by Crippen LogP contribution is -2.45. The monoisotopic (exact) mass is 295 g/mol. The average Bonchev–Trinajstić information content (AvgIpc) is 2.52. The van der Waals surface area contributed by atoms with E-state index in [0.717, 1.165) is 5.56 Å². The Morgan fingerprint density at radius 2 is 1.36 bits per heavy atom. The quantitative estimate of drug-likeness (QED) is 0.612. The second-order valence-electron chi connectivity index (χ2n) is 6.02. The minimum Gasteiger partial charge on any atom is -0.376 e. The van der Waals surface area contributed by atoms with Gasteiger partial charge in [-0.3, -0.25) is 4.79 Å². The molecule has 0 saturated carbocycles. The lowest BCUT2D eigenvalue weighted by atomic mass is 10.1. The molecule has 0 aliphatic carbocycles. The van der Waals surface area contributed by atoms with Crippen LogP contribution in [0.2, 0.25) is 0 Å². The first kappa shape index (κ1) is 15.8. The molecule has 0 unspecified atom stereocenters. The van der Waals surface area contributed by atoms with Crippen molar-refractivity contribution in [2.24, 2.45) is 0 Å². The number of amides is 1. The van der Waals surface area contributed by atoms with Crippen LogP contribution in [0.3, 0.4) is 0 Å². The van der Waals surface area contributed by atoms with Crippen LogP contribution in [0.5, 0.6) is 0 Å². The second-order valence-corrected chi connectivity index (χ2v) is 6.02. The van der Waals surface area contributed by atoms with Gasteiger partial charge in [0.05, 0.1) is 5.54 Å². The molecule has 3 nitrogen and oxygen atoms in total. The molecule has 22 heavy (non-hydrogen) atoms. The van der Waals surface area contributed by atoms with Crippen molar-refractivity contribution in [3.8, 4) is 0 Å². The summed E-state index contributed by atoms with van der Waals surface area (Å²) in [6.07, 6.45) is 0. The number of benzene rings is 2. The summed E-state index contributed by atoms with van der Waals surface area (Å²) in [6.45, 7) is 9.71. The van der Waals surface area contributed by atoms with E-state index in [0.29, 0.717) is 11.3 Å². The van der Waals surface area contributed by atoms with Gasteiger partial charge >= 0.3 is 0 Å². The summed E-state index contributed by atoms with van der Waals surface area (Å²) < 4.78 is 0. The van der Waals surface area contributed by atoms with Crippen LogP contribution in [0, 0.1) is 0 Å². The highest BCUT2D eigenvalue weighted by atomic mass is 16.7. The molecule has 0 heterocycles. The number of carbonyl (C=O) groups excluding carboxylic acids is 1. The fourth-order valence-corrected chi connectivity index (χ4v) is 1.97.